The number of alkyl carbamates (subject to hydrolysis) is 1. The predicted octanol–water partition coefficient (Wildman–Crippen LogP) is 3.04. The van der Waals surface area contributed by atoms with Crippen molar-refractivity contribution in [1.82, 2.24) is 10.6 Å². The Bertz CT molecular complexity index is 1010. The van der Waals surface area contributed by atoms with Crippen molar-refractivity contribution >= 4 is 18.0 Å². The van der Waals surface area contributed by atoms with E-state index in [1.165, 1.54) is 11.1 Å². The number of carbonyl (C=O) groups is 3. The zero-order valence-electron chi connectivity index (χ0n) is 18.9. The second-order valence-corrected chi connectivity index (χ2v) is 9.03. The Morgan fingerprint density at radius 2 is 1.65 bits per heavy atom. The van der Waals surface area contributed by atoms with Crippen LogP contribution in [0.4, 0.5) is 4.79 Å². The van der Waals surface area contributed by atoms with Gasteiger partial charge < -0.3 is 25.6 Å². The topological polar surface area (TPSA) is 125 Å². The molecule has 4 rings (SSSR count). The third kappa shape index (κ3) is 5.56. The molecule has 2 aromatic rings. The molecule has 1 saturated carbocycles. The molecular weight excluding hydrogens is 436 g/mol. The minimum Gasteiger partial charge on any atom is -0.481 e. The summed E-state index contributed by atoms with van der Waals surface area (Å²) in [4.78, 5) is 35.6. The van der Waals surface area contributed by atoms with Crippen molar-refractivity contribution in [3.05, 3.63) is 59.7 Å². The lowest BCUT2D eigenvalue weighted by molar-refractivity contribution is -0.139. The van der Waals surface area contributed by atoms with Gasteiger partial charge in [-0.05, 0) is 41.5 Å². The number of carbonyl (C=O) groups excluding carboxylic acids is 2. The van der Waals surface area contributed by atoms with Crippen LogP contribution in [0.5, 0.6) is 0 Å². The number of rotatable bonds is 8. The highest BCUT2D eigenvalue weighted by Crippen LogP contribution is 2.44. The van der Waals surface area contributed by atoms with Crippen molar-refractivity contribution in [2.75, 3.05) is 13.2 Å². The quantitative estimate of drug-likeness (QED) is 0.474. The van der Waals surface area contributed by atoms with Crippen LogP contribution in [-0.4, -0.2) is 53.5 Å². The SMILES string of the molecule is O=C(O)CC(O)CNC(=O)C1CCCC(NC(=O)OCC2c3ccccc3-c3ccccc32)C1. The van der Waals surface area contributed by atoms with Gasteiger partial charge in [-0.2, -0.15) is 0 Å². The van der Waals surface area contributed by atoms with E-state index in [4.69, 9.17) is 9.84 Å². The summed E-state index contributed by atoms with van der Waals surface area (Å²) in [5.41, 5.74) is 4.63. The smallest absolute Gasteiger partial charge is 0.407 e. The number of aliphatic carboxylic acids is 1. The van der Waals surface area contributed by atoms with E-state index in [0.29, 0.717) is 12.8 Å². The number of hydrogen-bond acceptors (Lipinski definition) is 5. The van der Waals surface area contributed by atoms with E-state index in [2.05, 4.69) is 34.9 Å². The molecule has 0 aromatic heterocycles. The fraction of sp³-hybridized carbons (Fsp3) is 0.423. The molecule has 3 atom stereocenters. The molecule has 3 unspecified atom stereocenters. The second kappa shape index (κ2) is 10.7. The maximum Gasteiger partial charge on any atom is 0.407 e. The molecule has 1 fully saturated rings. The summed E-state index contributed by atoms with van der Waals surface area (Å²) in [5.74, 6) is -1.67. The second-order valence-electron chi connectivity index (χ2n) is 9.03. The number of carboxylic acids is 1. The highest BCUT2D eigenvalue weighted by atomic mass is 16.5. The number of fused-ring (bicyclic) bond motifs is 3. The fourth-order valence-electron chi connectivity index (χ4n) is 5.00. The molecule has 0 heterocycles. The third-order valence-electron chi connectivity index (χ3n) is 6.63. The van der Waals surface area contributed by atoms with E-state index in [9.17, 15) is 19.5 Å². The summed E-state index contributed by atoms with van der Waals surface area (Å²) in [5, 5.41) is 23.9. The lowest BCUT2D eigenvalue weighted by Crippen LogP contribution is -2.44. The molecular formula is C26H30N2O6. The molecule has 34 heavy (non-hydrogen) atoms. The number of hydrogen-bond donors (Lipinski definition) is 4. The van der Waals surface area contributed by atoms with Crippen LogP contribution in [0.15, 0.2) is 48.5 Å². The first-order valence-electron chi connectivity index (χ1n) is 11.7. The van der Waals surface area contributed by atoms with E-state index in [1.54, 1.807) is 0 Å². The summed E-state index contributed by atoms with van der Waals surface area (Å²) in [7, 11) is 0. The Morgan fingerprint density at radius 3 is 2.29 bits per heavy atom. The van der Waals surface area contributed by atoms with E-state index >= 15 is 0 Å². The minimum atomic E-state index is -1.13. The van der Waals surface area contributed by atoms with Gasteiger partial charge in [-0.15, -0.1) is 0 Å². The van der Waals surface area contributed by atoms with Gasteiger partial charge in [0.2, 0.25) is 5.91 Å². The summed E-state index contributed by atoms with van der Waals surface area (Å²) >= 11 is 0. The first-order chi connectivity index (χ1) is 16.4. The first-order valence-corrected chi connectivity index (χ1v) is 11.7. The molecule has 180 valence electrons. The van der Waals surface area contributed by atoms with Gasteiger partial charge >= 0.3 is 12.1 Å². The molecule has 0 saturated heterocycles. The summed E-state index contributed by atoms with van der Waals surface area (Å²) in [6, 6.07) is 16.1. The number of benzene rings is 2. The van der Waals surface area contributed by atoms with Gasteiger partial charge in [0.15, 0.2) is 0 Å². The molecule has 8 heteroatoms. The summed E-state index contributed by atoms with van der Waals surface area (Å²) in [6.07, 6.45) is 0.662. The fourth-order valence-corrected chi connectivity index (χ4v) is 5.00. The Kier molecular flexibility index (Phi) is 7.47. The zero-order valence-corrected chi connectivity index (χ0v) is 18.9. The number of carboxylic acid groups (broad SMARTS) is 1. The molecule has 0 radical (unpaired) electrons. The van der Waals surface area contributed by atoms with Crippen molar-refractivity contribution in [3.8, 4) is 11.1 Å². The molecule has 0 aliphatic heterocycles. The summed E-state index contributed by atoms with van der Waals surface area (Å²) in [6.45, 7) is 0.129. The van der Waals surface area contributed by atoms with E-state index in [-0.39, 0.29) is 36.9 Å². The number of nitrogens with one attached hydrogen (secondary N) is 2. The van der Waals surface area contributed by atoms with Crippen LogP contribution < -0.4 is 10.6 Å². The Hall–Kier alpha value is -3.39. The Labute approximate surface area is 198 Å². The Morgan fingerprint density at radius 1 is 1.00 bits per heavy atom. The largest absolute Gasteiger partial charge is 0.481 e. The van der Waals surface area contributed by atoms with Gasteiger partial charge in [-0.25, -0.2) is 4.79 Å². The van der Waals surface area contributed by atoms with Crippen molar-refractivity contribution < 1.29 is 29.3 Å². The number of aliphatic hydroxyl groups excluding tert-OH is 1. The van der Waals surface area contributed by atoms with Crippen LogP contribution >= 0.6 is 0 Å². The standard InChI is InChI=1S/C26H30N2O6/c29-18(13-24(30)31)14-27-25(32)16-6-5-7-17(12-16)28-26(33)34-15-23-21-10-3-1-8-19(21)20-9-2-4-11-22(20)23/h1-4,8-11,16-18,23,29H,5-7,12-15H2,(H,27,32)(H,28,33)(H,30,31). The minimum absolute atomic E-state index is 0.0136. The molecule has 2 aliphatic rings. The summed E-state index contributed by atoms with van der Waals surface area (Å²) < 4.78 is 5.61. The molecule has 2 amide bonds. The number of amides is 2. The number of aliphatic hydroxyl groups is 1. The molecule has 0 bridgehead atoms. The first kappa shape index (κ1) is 23.8. The monoisotopic (exact) mass is 466 g/mol. The average Bonchev–Trinajstić information content (AvgIpc) is 3.15. The molecule has 2 aromatic carbocycles. The zero-order chi connectivity index (χ0) is 24.1. The lowest BCUT2D eigenvalue weighted by atomic mass is 9.85. The molecule has 2 aliphatic carbocycles. The normalized spacial score (nSPS) is 20.0. The van der Waals surface area contributed by atoms with Crippen molar-refractivity contribution in [1.29, 1.82) is 0 Å². The van der Waals surface area contributed by atoms with Crippen LogP contribution in [0.25, 0.3) is 11.1 Å². The maximum atomic E-state index is 12.6. The van der Waals surface area contributed by atoms with Gasteiger partial charge in [0.05, 0.1) is 12.5 Å². The lowest BCUT2D eigenvalue weighted by Gasteiger charge is -2.29. The number of ether oxygens (including phenoxy) is 1. The average molecular weight is 467 g/mol. The van der Waals surface area contributed by atoms with Crippen LogP contribution in [-0.2, 0) is 14.3 Å². The van der Waals surface area contributed by atoms with Gasteiger partial charge in [-0.3, -0.25) is 9.59 Å². The molecule has 0 spiro atoms. The molecule has 4 N–H and O–H groups in total. The van der Waals surface area contributed by atoms with E-state index < -0.39 is 24.6 Å². The van der Waals surface area contributed by atoms with E-state index in [0.717, 1.165) is 24.0 Å². The van der Waals surface area contributed by atoms with Crippen molar-refractivity contribution in [2.24, 2.45) is 5.92 Å². The van der Waals surface area contributed by atoms with Crippen LogP contribution in [0.3, 0.4) is 0 Å². The third-order valence-corrected chi connectivity index (χ3v) is 6.63. The van der Waals surface area contributed by atoms with Gasteiger partial charge in [0, 0.05) is 24.4 Å². The Balaban J connectivity index is 1.27. The van der Waals surface area contributed by atoms with Gasteiger partial charge in [0.1, 0.15) is 6.61 Å². The highest BCUT2D eigenvalue weighted by Gasteiger charge is 2.31. The maximum absolute atomic E-state index is 12.6. The van der Waals surface area contributed by atoms with Gasteiger partial charge in [0.25, 0.3) is 0 Å². The van der Waals surface area contributed by atoms with Crippen molar-refractivity contribution in [2.45, 2.75) is 50.2 Å². The van der Waals surface area contributed by atoms with Crippen LogP contribution in [0, 0.1) is 5.92 Å². The van der Waals surface area contributed by atoms with Crippen LogP contribution in [0.2, 0.25) is 0 Å². The predicted molar refractivity (Wildman–Crippen MR) is 125 cm³/mol. The van der Waals surface area contributed by atoms with Crippen LogP contribution in [0.1, 0.15) is 49.1 Å². The highest BCUT2D eigenvalue weighted by molar-refractivity contribution is 5.80. The molecule has 8 nitrogen and oxygen atoms in total. The van der Waals surface area contributed by atoms with E-state index in [1.807, 2.05) is 24.3 Å². The van der Waals surface area contributed by atoms with Gasteiger partial charge in [-0.1, -0.05) is 55.0 Å². The van der Waals surface area contributed by atoms with Crippen molar-refractivity contribution in [3.63, 3.8) is 0 Å².